The zero-order valence-electron chi connectivity index (χ0n) is 16.2. The molecule has 2 aromatic rings. The lowest BCUT2D eigenvalue weighted by Gasteiger charge is -2.18. The average Bonchev–Trinajstić information content (AvgIpc) is 3.11. The van der Waals surface area contributed by atoms with E-state index in [1.165, 1.54) is 42.0 Å². The van der Waals surface area contributed by atoms with Gasteiger partial charge in [-0.25, -0.2) is 9.78 Å². The summed E-state index contributed by atoms with van der Waals surface area (Å²) in [6.07, 6.45) is 7.78. The molecule has 1 saturated carbocycles. The SMILES string of the molecule is CC(C)OC(N)=O.COc1cc(N)ccc1-c1cnc(C2CCCCC2)s1. The summed E-state index contributed by atoms with van der Waals surface area (Å²) < 4.78 is 9.82. The first kappa shape index (κ1) is 21.0. The number of benzene rings is 1. The van der Waals surface area contributed by atoms with E-state index in [-0.39, 0.29) is 6.10 Å². The van der Waals surface area contributed by atoms with Gasteiger partial charge in [-0.15, -0.1) is 11.3 Å². The second-order valence-electron chi connectivity index (χ2n) is 6.84. The maximum atomic E-state index is 9.81. The van der Waals surface area contributed by atoms with Crippen molar-refractivity contribution in [1.82, 2.24) is 4.98 Å². The number of carbonyl (C=O) groups excluding carboxylic acids is 1. The summed E-state index contributed by atoms with van der Waals surface area (Å²) in [6.45, 7) is 3.48. The van der Waals surface area contributed by atoms with Crippen LogP contribution in [0.5, 0.6) is 5.75 Å². The van der Waals surface area contributed by atoms with Gasteiger partial charge in [0.2, 0.25) is 0 Å². The maximum absolute atomic E-state index is 9.81. The van der Waals surface area contributed by atoms with Gasteiger partial charge in [0.1, 0.15) is 5.75 Å². The number of nitrogens with zero attached hydrogens (tertiary/aromatic N) is 1. The fourth-order valence-corrected chi connectivity index (χ4v) is 4.21. The second kappa shape index (κ2) is 10.2. The van der Waals surface area contributed by atoms with Crippen LogP contribution >= 0.6 is 11.3 Å². The van der Waals surface area contributed by atoms with Gasteiger partial charge in [0, 0.05) is 29.4 Å². The molecular formula is C20H29N3O3S. The summed E-state index contributed by atoms with van der Waals surface area (Å²) in [7, 11) is 1.68. The summed E-state index contributed by atoms with van der Waals surface area (Å²) in [5.74, 6) is 1.48. The van der Waals surface area contributed by atoms with Crippen LogP contribution < -0.4 is 16.2 Å². The number of methoxy groups -OCH3 is 1. The van der Waals surface area contributed by atoms with Gasteiger partial charge in [0.05, 0.1) is 23.1 Å². The fourth-order valence-electron chi connectivity index (χ4n) is 3.09. The Bertz CT molecular complexity index is 740. The minimum Gasteiger partial charge on any atom is -0.496 e. The minimum absolute atomic E-state index is 0.0995. The summed E-state index contributed by atoms with van der Waals surface area (Å²) in [5.41, 5.74) is 12.3. The van der Waals surface area contributed by atoms with Crippen molar-refractivity contribution >= 4 is 23.1 Å². The van der Waals surface area contributed by atoms with Crippen molar-refractivity contribution in [1.29, 1.82) is 0 Å². The highest BCUT2D eigenvalue weighted by Gasteiger charge is 2.19. The van der Waals surface area contributed by atoms with Crippen molar-refractivity contribution in [3.8, 4) is 16.2 Å². The molecule has 0 atom stereocenters. The summed E-state index contributed by atoms with van der Waals surface area (Å²) >= 11 is 1.80. The van der Waals surface area contributed by atoms with Crippen LogP contribution in [0.4, 0.5) is 10.5 Å². The molecular weight excluding hydrogens is 362 g/mol. The fraction of sp³-hybridized carbons (Fsp3) is 0.500. The van der Waals surface area contributed by atoms with Gasteiger partial charge in [-0.1, -0.05) is 19.3 Å². The molecule has 1 heterocycles. The maximum Gasteiger partial charge on any atom is 0.404 e. The molecule has 7 heteroatoms. The first-order valence-electron chi connectivity index (χ1n) is 9.26. The number of thiazole rings is 1. The monoisotopic (exact) mass is 391 g/mol. The van der Waals surface area contributed by atoms with E-state index >= 15 is 0 Å². The third-order valence-electron chi connectivity index (χ3n) is 4.32. The number of nitrogens with two attached hydrogens (primary N) is 2. The van der Waals surface area contributed by atoms with E-state index < -0.39 is 6.09 Å². The third-order valence-corrected chi connectivity index (χ3v) is 5.51. The standard InChI is InChI=1S/C16H20N2OS.C4H9NO2/c1-19-14-9-12(17)7-8-13(14)15-10-18-16(20-15)11-5-3-2-4-6-11;1-3(2)7-4(5)6/h7-11H,2-6,17H2,1H3;3H,1-2H3,(H2,5,6). The molecule has 0 aliphatic heterocycles. The molecule has 0 spiro atoms. The Kier molecular flexibility index (Phi) is 7.91. The van der Waals surface area contributed by atoms with Crippen LogP contribution in [0.1, 0.15) is 56.9 Å². The molecule has 1 aromatic heterocycles. The van der Waals surface area contributed by atoms with E-state index in [1.54, 1.807) is 32.3 Å². The number of aromatic nitrogens is 1. The minimum atomic E-state index is -0.713. The number of amides is 1. The van der Waals surface area contributed by atoms with Gasteiger partial charge in [0.25, 0.3) is 0 Å². The zero-order chi connectivity index (χ0) is 19.8. The molecule has 148 valence electrons. The van der Waals surface area contributed by atoms with Crippen LogP contribution in [0.2, 0.25) is 0 Å². The van der Waals surface area contributed by atoms with Crippen molar-refractivity contribution < 1.29 is 14.3 Å². The van der Waals surface area contributed by atoms with Crippen LogP contribution in [-0.4, -0.2) is 24.3 Å². The molecule has 0 radical (unpaired) electrons. The van der Waals surface area contributed by atoms with E-state index in [0.29, 0.717) is 5.92 Å². The first-order valence-corrected chi connectivity index (χ1v) is 10.1. The Hall–Kier alpha value is -2.28. The predicted molar refractivity (Wildman–Crippen MR) is 110 cm³/mol. The second-order valence-corrected chi connectivity index (χ2v) is 7.91. The van der Waals surface area contributed by atoms with Gasteiger partial charge in [-0.2, -0.15) is 0 Å². The van der Waals surface area contributed by atoms with Gasteiger partial charge in [-0.3, -0.25) is 0 Å². The van der Waals surface area contributed by atoms with E-state index in [1.807, 2.05) is 24.4 Å². The Morgan fingerprint density at radius 1 is 1.26 bits per heavy atom. The Morgan fingerprint density at radius 2 is 1.96 bits per heavy atom. The Balaban J connectivity index is 0.000000321. The summed E-state index contributed by atoms with van der Waals surface area (Å²) in [6, 6.07) is 5.81. The lowest BCUT2D eigenvalue weighted by atomic mass is 9.90. The van der Waals surface area contributed by atoms with E-state index in [2.05, 4.69) is 15.5 Å². The zero-order valence-corrected chi connectivity index (χ0v) is 17.1. The molecule has 1 aromatic carbocycles. The molecule has 0 saturated heterocycles. The van der Waals surface area contributed by atoms with Crippen LogP contribution in [0.3, 0.4) is 0 Å². The predicted octanol–water partition coefficient (Wildman–Crippen LogP) is 4.94. The lowest BCUT2D eigenvalue weighted by molar-refractivity contribution is 0.125. The molecule has 27 heavy (non-hydrogen) atoms. The van der Waals surface area contributed by atoms with Crippen LogP contribution in [0.15, 0.2) is 24.4 Å². The quantitative estimate of drug-likeness (QED) is 0.719. The van der Waals surface area contributed by atoms with Crippen LogP contribution in [0, 0.1) is 0 Å². The number of ether oxygens (including phenoxy) is 2. The highest BCUT2D eigenvalue weighted by atomic mass is 32.1. The normalized spacial score (nSPS) is 14.4. The molecule has 1 amide bonds. The van der Waals surface area contributed by atoms with Crippen LogP contribution in [-0.2, 0) is 4.74 Å². The van der Waals surface area contributed by atoms with E-state index in [0.717, 1.165) is 17.0 Å². The largest absolute Gasteiger partial charge is 0.496 e. The van der Waals surface area contributed by atoms with Crippen molar-refractivity contribution in [2.75, 3.05) is 12.8 Å². The van der Waals surface area contributed by atoms with Crippen molar-refractivity contribution in [2.45, 2.75) is 58.0 Å². The lowest BCUT2D eigenvalue weighted by Crippen LogP contribution is -2.17. The third kappa shape index (κ3) is 6.43. The van der Waals surface area contributed by atoms with Gasteiger partial charge in [0.15, 0.2) is 0 Å². The molecule has 6 nitrogen and oxygen atoms in total. The molecule has 0 unspecified atom stereocenters. The molecule has 1 aliphatic rings. The van der Waals surface area contributed by atoms with Crippen molar-refractivity contribution in [2.24, 2.45) is 5.73 Å². The molecule has 1 fully saturated rings. The number of nitrogen functional groups attached to an aromatic ring is 1. The summed E-state index contributed by atoms with van der Waals surface area (Å²) in [5, 5.41) is 1.28. The van der Waals surface area contributed by atoms with Crippen LogP contribution in [0.25, 0.3) is 10.4 Å². The van der Waals surface area contributed by atoms with Crippen molar-refractivity contribution in [3.05, 3.63) is 29.4 Å². The number of rotatable bonds is 4. The van der Waals surface area contributed by atoms with Gasteiger partial charge in [-0.05, 0) is 38.8 Å². The van der Waals surface area contributed by atoms with Gasteiger partial charge >= 0.3 is 6.09 Å². The molecule has 0 bridgehead atoms. The highest BCUT2D eigenvalue weighted by Crippen LogP contribution is 2.40. The van der Waals surface area contributed by atoms with Gasteiger partial charge < -0.3 is 20.9 Å². The van der Waals surface area contributed by atoms with E-state index in [9.17, 15) is 4.79 Å². The summed E-state index contributed by atoms with van der Waals surface area (Å²) in [4.78, 5) is 15.6. The highest BCUT2D eigenvalue weighted by molar-refractivity contribution is 7.15. The molecule has 3 rings (SSSR count). The molecule has 4 N–H and O–H groups in total. The Morgan fingerprint density at radius 3 is 2.52 bits per heavy atom. The number of carbonyl (C=O) groups is 1. The molecule has 1 aliphatic carbocycles. The van der Waals surface area contributed by atoms with Crippen molar-refractivity contribution in [3.63, 3.8) is 0 Å². The number of primary amides is 1. The topological polar surface area (TPSA) is 100 Å². The Labute approximate surface area is 164 Å². The number of anilines is 1. The average molecular weight is 392 g/mol. The first-order chi connectivity index (χ1) is 12.9. The smallest absolute Gasteiger partial charge is 0.404 e. The van der Waals surface area contributed by atoms with E-state index in [4.69, 9.17) is 10.5 Å². The number of hydrogen-bond acceptors (Lipinski definition) is 6. The number of hydrogen-bond donors (Lipinski definition) is 2.